The summed E-state index contributed by atoms with van der Waals surface area (Å²) < 4.78 is 0. The summed E-state index contributed by atoms with van der Waals surface area (Å²) in [6, 6.07) is 3.53. The van der Waals surface area contributed by atoms with Crippen LogP contribution < -0.4 is 5.73 Å². The zero-order chi connectivity index (χ0) is 12.4. The van der Waals surface area contributed by atoms with Gasteiger partial charge in [0.2, 0.25) is 0 Å². The lowest BCUT2D eigenvalue weighted by Gasteiger charge is -2.08. The number of aryl methyl sites for hydroxylation is 1. The monoisotopic (exact) mass is 248 g/mol. The van der Waals surface area contributed by atoms with E-state index in [0.717, 1.165) is 17.7 Å². The zero-order valence-corrected chi connectivity index (χ0v) is 10.5. The molecule has 0 bridgehead atoms. The molecule has 17 heavy (non-hydrogen) atoms. The van der Waals surface area contributed by atoms with Crippen molar-refractivity contribution in [3.8, 4) is 11.5 Å². The number of halogens is 1. The van der Waals surface area contributed by atoms with Crippen LogP contribution in [-0.2, 0) is 6.42 Å². The number of nitrogens with two attached hydrogens (primary N) is 1. The lowest BCUT2D eigenvalue weighted by Crippen LogP contribution is -2.05. The lowest BCUT2D eigenvalue weighted by molar-refractivity contribution is 0.976. The molecule has 0 spiro atoms. The summed E-state index contributed by atoms with van der Waals surface area (Å²) in [7, 11) is 0. The minimum atomic E-state index is 0.480. The molecular weight excluding hydrogens is 236 g/mol. The van der Waals surface area contributed by atoms with Gasteiger partial charge in [0.1, 0.15) is 11.5 Å². The van der Waals surface area contributed by atoms with Crippen molar-refractivity contribution in [2.24, 2.45) is 0 Å². The van der Waals surface area contributed by atoms with Gasteiger partial charge < -0.3 is 5.73 Å². The lowest BCUT2D eigenvalue weighted by atomic mass is 10.2. The molecule has 0 saturated carbocycles. The first-order chi connectivity index (χ1) is 8.13. The number of pyridine rings is 1. The molecule has 0 unspecified atom stereocenters. The van der Waals surface area contributed by atoms with E-state index < -0.39 is 0 Å². The van der Waals surface area contributed by atoms with E-state index in [0.29, 0.717) is 22.4 Å². The van der Waals surface area contributed by atoms with Crippen LogP contribution in [0, 0.1) is 6.92 Å². The van der Waals surface area contributed by atoms with E-state index in [1.54, 1.807) is 18.3 Å². The Balaban J connectivity index is 2.61. The average Bonchev–Trinajstić information content (AvgIpc) is 2.33. The van der Waals surface area contributed by atoms with E-state index in [9.17, 15) is 0 Å². The fourth-order valence-electron chi connectivity index (χ4n) is 1.58. The molecule has 0 aliphatic heterocycles. The molecule has 0 radical (unpaired) electrons. The molecule has 2 N–H and O–H groups in total. The largest absolute Gasteiger partial charge is 0.383 e. The molecule has 2 aromatic rings. The van der Waals surface area contributed by atoms with Gasteiger partial charge in [-0.25, -0.2) is 9.97 Å². The van der Waals surface area contributed by atoms with Crippen molar-refractivity contribution in [2.75, 3.05) is 5.73 Å². The van der Waals surface area contributed by atoms with Crippen molar-refractivity contribution in [2.45, 2.75) is 20.3 Å². The Morgan fingerprint density at radius 1 is 1.35 bits per heavy atom. The summed E-state index contributed by atoms with van der Waals surface area (Å²) in [4.78, 5) is 12.9. The Hall–Kier alpha value is -1.68. The molecular formula is C12H13ClN4. The van der Waals surface area contributed by atoms with Crippen molar-refractivity contribution >= 4 is 17.4 Å². The normalized spacial score (nSPS) is 10.5. The van der Waals surface area contributed by atoms with Crippen LogP contribution >= 0.6 is 11.6 Å². The van der Waals surface area contributed by atoms with Crippen LogP contribution in [0.25, 0.3) is 11.5 Å². The molecule has 2 aromatic heterocycles. The Labute approximate surface area is 105 Å². The van der Waals surface area contributed by atoms with Crippen LogP contribution in [0.5, 0.6) is 0 Å². The second-order valence-corrected chi connectivity index (χ2v) is 4.10. The van der Waals surface area contributed by atoms with Gasteiger partial charge in [0.05, 0.1) is 5.02 Å². The van der Waals surface area contributed by atoms with Gasteiger partial charge in [-0.2, -0.15) is 0 Å². The average molecular weight is 249 g/mol. The molecule has 0 atom stereocenters. The highest BCUT2D eigenvalue weighted by Crippen LogP contribution is 2.24. The summed E-state index contributed by atoms with van der Waals surface area (Å²) >= 11 is 6.06. The second-order valence-electron chi connectivity index (χ2n) is 3.69. The SMILES string of the molecule is CCc1nc(-c2ncccc2Cl)nc(N)c1C. The van der Waals surface area contributed by atoms with Gasteiger partial charge in [0, 0.05) is 17.5 Å². The minimum Gasteiger partial charge on any atom is -0.383 e. The molecule has 0 aliphatic carbocycles. The summed E-state index contributed by atoms with van der Waals surface area (Å²) in [5.41, 5.74) is 8.27. The Morgan fingerprint density at radius 2 is 2.12 bits per heavy atom. The molecule has 0 aromatic carbocycles. The Bertz CT molecular complexity index is 554. The van der Waals surface area contributed by atoms with Crippen molar-refractivity contribution < 1.29 is 0 Å². The van der Waals surface area contributed by atoms with E-state index in [4.69, 9.17) is 17.3 Å². The summed E-state index contributed by atoms with van der Waals surface area (Å²) in [6.07, 6.45) is 2.46. The molecule has 5 heteroatoms. The Kier molecular flexibility index (Phi) is 3.24. The fourth-order valence-corrected chi connectivity index (χ4v) is 1.79. The molecule has 0 saturated heterocycles. The van der Waals surface area contributed by atoms with Gasteiger partial charge in [-0.1, -0.05) is 18.5 Å². The van der Waals surface area contributed by atoms with Gasteiger partial charge in [-0.15, -0.1) is 0 Å². The topological polar surface area (TPSA) is 64.7 Å². The van der Waals surface area contributed by atoms with Gasteiger partial charge in [-0.05, 0) is 25.5 Å². The zero-order valence-electron chi connectivity index (χ0n) is 9.74. The molecule has 4 nitrogen and oxygen atoms in total. The van der Waals surface area contributed by atoms with Crippen LogP contribution in [0.2, 0.25) is 5.02 Å². The molecule has 0 aliphatic rings. The third-order valence-electron chi connectivity index (χ3n) is 2.59. The van der Waals surface area contributed by atoms with Crippen molar-refractivity contribution in [1.29, 1.82) is 0 Å². The van der Waals surface area contributed by atoms with Crippen molar-refractivity contribution in [3.05, 3.63) is 34.6 Å². The van der Waals surface area contributed by atoms with Crippen LogP contribution in [0.4, 0.5) is 5.82 Å². The van der Waals surface area contributed by atoms with Crippen LogP contribution in [0.3, 0.4) is 0 Å². The highest BCUT2D eigenvalue weighted by Gasteiger charge is 2.12. The number of aromatic nitrogens is 3. The van der Waals surface area contributed by atoms with Gasteiger partial charge in [0.15, 0.2) is 5.82 Å². The first-order valence-corrected chi connectivity index (χ1v) is 5.75. The molecule has 0 amide bonds. The molecule has 88 valence electrons. The highest BCUT2D eigenvalue weighted by atomic mass is 35.5. The summed E-state index contributed by atoms with van der Waals surface area (Å²) in [5.74, 6) is 0.962. The molecule has 2 heterocycles. The molecule has 0 fully saturated rings. The van der Waals surface area contributed by atoms with Crippen molar-refractivity contribution in [3.63, 3.8) is 0 Å². The maximum absolute atomic E-state index is 6.06. The predicted molar refractivity (Wildman–Crippen MR) is 68.8 cm³/mol. The predicted octanol–water partition coefficient (Wildman–Crippen LogP) is 2.65. The van der Waals surface area contributed by atoms with Crippen molar-refractivity contribution in [1.82, 2.24) is 15.0 Å². The van der Waals surface area contributed by atoms with Gasteiger partial charge in [-0.3, -0.25) is 4.98 Å². The van der Waals surface area contributed by atoms with E-state index >= 15 is 0 Å². The Morgan fingerprint density at radius 3 is 2.76 bits per heavy atom. The smallest absolute Gasteiger partial charge is 0.181 e. The first-order valence-electron chi connectivity index (χ1n) is 5.37. The van der Waals surface area contributed by atoms with Gasteiger partial charge in [0.25, 0.3) is 0 Å². The second kappa shape index (κ2) is 4.67. The quantitative estimate of drug-likeness (QED) is 0.887. The number of nitrogen functional groups attached to an aromatic ring is 1. The standard InChI is InChI=1S/C12H13ClN4/c1-3-9-7(2)11(14)17-12(16-9)10-8(13)5-4-6-15-10/h4-6H,3H2,1-2H3,(H2,14,16,17). The minimum absolute atomic E-state index is 0.480. The number of nitrogens with zero attached hydrogens (tertiary/aromatic N) is 3. The molecule has 2 rings (SSSR count). The maximum Gasteiger partial charge on any atom is 0.181 e. The van der Waals surface area contributed by atoms with E-state index in [2.05, 4.69) is 15.0 Å². The number of rotatable bonds is 2. The maximum atomic E-state index is 6.06. The third kappa shape index (κ3) is 2.22. The summed E-state index contributed by atoms with van der Waals surface area (Å²) in [5, 5.41) is 0.526. The van der Waals surface area contributed by atoms with E-state index in [1.165, 1.54) is 0 Å². The summed E-state index contributed by atoms with van der Waals surface area (Å²) in [6.45, 7) is 3.94. The van der Waals surface area contributed by atoms with Crippen LogP contribution in [0.15, 0.2) is 18.3 Å². The first kappa shape index (κ1) is 11.8. The number of hydrogen-bond acceptors (Lipinski definition) is 4. The van der Waals surface area contributed by atoms with E-state index in [1.807, 2.05) is 13.8 Å². The number of hydrogen-bond donors (Lipinski definition) is 1. The van der Waals surface area contributed by atoms with E-state index in [-0.39, 0.29) is 0 Å². The highest BCUT2D eigenvalue weighted by molar-refractivity contribution is 6.32. The van der Waals surface area contributed by atoms with Crippen LogP contribution in [0.1, 0.15) is 18.2 Å². The third-order valence-corrected chi connectivity index (χ3v) is 2.89. The fraction of sp³-hybridized carbons (Fsp3) is 0.250. The number of anilines is 1. The van der Waals surface area contributed by atoms with Crippen LogP contribution in [-0.4, -0.2) is 15.0 Å². The van der Waals surface area contributed by atoms with Gasteiger partial charge >= 0.3 is 0 Å².